The Bertz CT molecular complexity index is 887. The van der Waals surface area contributed by atoms with Crippen molar-refractivity contribution in [3.05, 3.63) is 66.2 Å². The van der Waals surface area contributed by atoms with E-state index in [0.717, 1.165) is 24.1 Å². The SMILES string of the molecule is N#CCCN(C(=O)CCC(=O)N1CCC(C(O)c2ccccc2)CC1)c1ccccc1. The Hall–Kier alpha value is -3.17. The zero-order valence-electron chi connectivity index (χ0n) is 17.7. The highest BCUT2D eigenvalue weighted by molar-refractivity contribution is 5.95. The van der Waals surface area contributed by atoms with E-state index in [4.69, 9.17) is 5.26 Å². The predicted molar refractivity (Wildman–Crippen MR) is 119 cm³/mol. The number of carbonyl (C=O) groups excluding carboxylic acids is 2. The number of carbonyl (C=O) groups is 2. The molecule has 162 valence electrons. The van der Waals surface area contributed by atoms with E-state index in [9.17, 15) is 14.7 Å². The minimum absolute atomic E-state index is 0.0331. The highest BCUT2D eigenvalue weighted by Gasteiger charge is 2.28. The molecule has 1 aliphatic heterocycles. The van der Waals surface area contributed by atoms with Crippen LogP contribution in [0, 0.1) is 17.2 Å². The third kappa shape index (κ3) is 6.16. The van der Waals surface area contributed by atoms with Crippen LogP contribution in [0.15, 0.2) is 60.7 Å². The molecular formula is C25H29N3O3. The number of amides is 2. The lowest BCUT2D eigenvalue weighted by Gasteiger charge is -2.34. The number of rotatable bonds is 8. The van der Waals surface area contributed by atoms with Crippen molar-refractivity contribution < 1.29 is 14.7 Å². The Kier molecular flexibility index (Phi) is 8.19. The summed E-state index contributed by atoms with van der Waals surface area (Å²) >= 11 is 0. The largest absolute Gasteiger partial charge is 0.388 e. The number of para-hydroxylation sites is 1. The molecule has 0 spiro atoms. The second-order valence-electron chi connectivity index (χ2n) is 7.86. The van der Waals surface area contributed by atoms with Gasteiger partial charge in [-0.25, -0.2) is 0 Å². The topological polar surface area (TPSA) is 84.6 Å². The molecule has 2 aromatic carbocycles. The minimum Gasteiger partial charge on any atom is -0.388 e. The van der Waals surface area contributed by atoms with E-state index in [1.807, 2.05) is 60.7 Å². The van der Waals surface area contributed by atoms with Gasteiger partial charge in [0.05, 0.1) is 18.6 Å². The Morgan fingerprint density at radius 1 is 1.03 bits per heavy atom. The molecule has 1 atom stereocenters. The average molecular weight is 420 g/mol. The molecule has 31 heavy (non-hydrogen) atoms. The van der Waals surface area contributed by atoms with Crippen molar-refractivity contribution in [2.24, 2.45) is 5.92 Å². The lowest BCUT2D eigenvalue weighted by Crippen LogP contribution is -2.40. The Morgan fingerprint density at radius 3 is 2.26 bits per heavy atom. The fourth-order valence-corrected chi connectivity index (χ4v) is 4.06. The molecular weight excluding hydrogens is 390 g/mol. The van der Waals surface area contributed by atoms with E-state index in [-0.39, 0.29) is 37.0 Å². The molecule has 0 aliphatic carbocycles. The molecule has 0 saturated carbocycles. The van der Waals surface area contributed by atoms with Gasteiger partial charge in [0.15, 0.2) is 0 Å². The third-order valence-corrected chi connectivity index (χ3v) is 5.85. The van der Waals surface area contributed by atoms with E-state index >= 15 is 0 Å². The number of anilines is 1. The maximum Gasteiger partial charge on any atom is 0.227 e. The van der Waals surface area contributed by atoms with Crippen LogP contribution in [0.5, 0.6) is 0 Å². The second-order valence-corrected chi connectivity index (χ2v) is 7.86. The second kappa shape index (κ2) is 11.3. The molecule has 0 aromatic heterocycles. The first-order valence-corrected chi connectivity index (χ1v) is 10.8. The summed E-state index contributed by atoms with van der Waals surface area (Å²) < 4.78 is 0. The molecule has 1 saturated heterocycles. The van der Waals surface area contributed by atoms with E-state index in [0.29, 0.717) is 19.6 Å². The fourth-order valence-electron chi connectivity index (χ4n) is 4.06. The molecule has 1 aliphatic rings. The number of hydrogen-bond donors (Lipinski definition) is 1. The standard InChI is InChI=1S/C25H29N3O3/c26-16-7-17-28(22-10-5-2-6-11-22)24(30)13-12-23(29)27-18-14-21(15-19-27)25(31)20-8-3-1-4-9-20/h1-6,8-11,21,25,31H,7,12-15,17-19H2. The third-order valence-electron chi connectivity index (χ3n) is 5.85. The van der Waals surface area contributed by atoms with Gasteiger partial charge < -0.3 is 14.9 Å². The summed E-state index contributed by atoms with van der Waals surface area (Å²) in [7, 11) is 0. The number of nitriles is 1. The first kappa shape index (κ1) is 22.5. The first-order chi connectivity index (χ1) is 15.1. The van der Waals surface area contributed by atoms with Crippen LogP contribution < -0.4 is 4.90 Å². The lowest BCUT2D eigenvalue weighted by molar-refractivity contribution is -0.135. The number of nitrogens with zero attached hydrogens (tertiary/aromatic N) is 3. The lowest BCUT2D eigenvalue weighted by atomic mass is 9.87. The summed E-state index contributed by atoms with van der Waals surface area (Å²) in [4.78, 5) is 28.8. The zero-order chi connectivity index (χ0) is 22.1. The van der Waals surface area contributed by atoms with Crippen molar-refractivity contribution in [1.82, 2.24) is 4.90 Å². The van der Waals surface area contributed by atoms with E-state index in [2.05, 4.69) is 6.07 Å². The van der Waals surface area contributed by atoms with Gasteiger partial charge >= 0.3 is 0 Å². The molecule has 6 nitrogen and oxygen atoms in total. The maximum atomic E-state index is 12.7. The zero-order valence-corrected chi connectivity index (χ0v) is 17.7. The summed E-state index contributed by atoms with van der Waals surface area (Å²) in [5.74, 6) is -0.0499. The van der Waals surface area contributed by atoms with E-state index < -0.39 is 6.10 Å². The minimum atomic E-state index is -0.514. The van der Waals surface area contributed by atoms with Gasteiger partial charge in [-0.1, -0.05) is 48.5 Å². The molecule has 2 aromatic rings. The van der Waals surface area contributed by atoms with Crippen LogP contribution in [0.25, 0.3) is 0 Å². The quantitative estimate of drug-likeness (QED) is 0.707. The van der Waals surface area contributed by atoms with Gasteiger partial charge in [0.1, 0.15) is 0 Å². The molecule has 2 amide bonds. The van der Waals surface area contributed by atoms with Crippen molar-refractivity contribution in [2.75, 3.05) is 24.5 Å². The van der Waals surface area contributed by atoms with Crippen molar-refractivity contribution in [1.29, 1.82) is 5.26 Å². The van der Waals surface area contributed by atoms with Gasteiger partial charge in [-0.2, -0.15) is 5.26 Å². The van der Waals surface area contributed by atoms with Crippen molar-refractivity contribution in [2.45, 2.75) is 38.2 Å². The van der Waals surface area contributed by atoms with Crippen LogP contribution in [0.4, 0.5) is 5.69 Å². The van der Waals surface area contributed by atoms with Gasteiger partial charge in [0.2, 0.25) is 11.8 Å². The molecule has 6 heteroatoms. The predicted octanol–water partition coefficient (Wildman–Crippen LogP) is 3.69. The monoisotopic (exact) mass is 419 g/mol. The number of aliphatic hydroxyl groups is 1. The Labute approximate surface area is 183 Å². The van der Waals surface area contributed by atoms with Crippen molar-refractivity contribution in [3.8, 4) is 6.07 Å². The summed E-state index contributed by atoms with van der Waals surface area (Å²) in [6.45, 7) is 1.51. The number of piperidine rings is 1. The van der Waals surface area contributed by atoms with Gasteiger partial charge in [0, 0.05) is 38.2 Å². The maximum absolute atomic E-state index is 12.7. The summed E-state index contributed by atoms with van der Waals surface area (Å²) in [6.07, 6.45) is 1.49. The molecule has 1 heterocycles. The van der Waals surface area contributed by atoms with Gasteiger partial charge in [-0.15, -0.1) is 0 Å². The number of likely N-dealkylation sites (tertiary alicyclic amines) is 1. The normalized spacial score (nSPS) is 15.2. The fraction of sp³-hybridized carbons (Fsp3) is 0.400. The molecule has 1 unspecified atom stereocenters. The van der Waals surface area contributed by atoms with Crippen molar-refractivity contribution in [3.63, 3.8) is 0 Å². The molecule has 0 bridgehead atoms. The molecule has 1 N–H and O–H groups in total. The summed E-state index contributed by atoms with van der Waals surface area (Å²) in [6, 6.07) is 20.9. The van der Waals surface area contributed by atoms with E-state index in [1.165, 1.54) is 0 Å². The van der Waals surface area contributed by atoms with Crippen LogP contribution >= 0.6 is 0 Å². The number of benzene rings is 2. The van der Waals surface area contributed by atoms with Crippen molar-refractivity contribution >= 4 is 17.5 Å². The molecule has 1 fully saturated rings. The van der Waals surface area contributed by atoms with Gasteiger partial charge in [0.25, 0.3) is 0 Å². The van der Waals surface area contributed by atoms with Crippen LogP contribution in [-0.2, 0) is 9.59 Å². The van der Waals surface area contributed by atoms with E-state index in [1.54, 1.807) is 9.80 Å². The molecule has 3 rings (SSSR count). The van der Waals surface area contributed by atoms with Crippen LogP contribution in [0.2, 0.25) is 0 Å². The Morgan fingerprint density at radius 2 is 1.65 bits per heavy atom. The first-order valence-electron chi connectivity index (χ1n) is 10.8. The smallest absolute Gasteiger partial charge is 0.227 e. The van der Waals surface area contributed by atoms with Gasteiger partial charge in [-0.05, 0) is 36.5 Å². The highest BCUT2D eigenvalue weighted by atomic mass is 16.3. The number of hydrogen-bond acceptors (Lipinski definition) is 4. The summed E-state index contributed by atoms with van der Waals surface area (Å²) in [5.41, 5.74) is 1.65. The summed E-state index contributed by atoms with van der Waals surface area (Å²) in [5, 5.41) is 19.5. The molecule has 0 radical (unpaired) electrons. The number of aliphatic hydroxyl groups excluding tert-OH is 1. The average Bonchev–Trinajstić information content (AvgIpc) is 2.83. The van der Waals surface area contributed by atoms with Crippen LogP contribution in [-0.4, -0.2) is 41.5 Å². The Balaban J connectivity index is 1.49. The van der Waals surface area contributed by atoms with Crippen LogP contribution in [0.1, 0.15) is 43.8 Å². The highest BCUT2D eigenvalue weighted by Crippen LogP contribution is 2.30. The van der Waals surface area contributed by atoms with Crippen LogP contribution in [0.3, 0.4) is 0 Å². The van der Waals surface area contributed by atoms with Gasteiger partial charge in [-0.3, -0.25) is 9.59 Å².